The molecule has 4 atom stereocenters. The Morgan fingerprint density at radius 1 is 1.91 bits per heavy atom. The summed E-state index contributed by atoms with van der Waals surface area (Å²) in [4.78, 5) is 0. The normalized spacial score (nSPS) is 42.0. The first-order chi connectivity index (χ1) is 5.63. The summed E-state index contributed by atoms with van der Waals surface area (Å²) in [5, 5.41) is 0. The van der Waals surface area contributed by atoms with Crippen LogP contribution < -0.4 is 0 Å². The van der Waals surface area contributed by atoms with Gasteiger partial charge in [-0.15, -0.1) is 0 Å². The van der Waals surface area contributed by atoms with Crippen LogP contribution in [0.3, 0.4) is 0 Å². The smallest absolute Gasteiger partial charge is 0.188 e. The van der Waals surface area contributed by atoms with Gasteiger partial charge in [0.15, 0.2) is 8.03 Å². The Morgan fingerprint density at radius 2 is 2.64 bits per heavy atom. The van der Waals surface area contributed by atoms with Crippen molar-refractivity contribution in [2.24, 2.45) is 0 Å². The van der Waals surface area contributed by atoms with Gasteiger partial charge in [-0.25, -0.2) is 0 Å². The minimum Gasteiger partial charge on any atom is -0.375 e. The Morgan fingerprint density at radius 3 is 3.18 bits per heavy atom. The van der Waals surface area contributed by atoms with Crippen LogP contribution in [0.15, 0.2) is 0 Å². The van der Waals surface area contributed by atoms with E-state index < -0.39 is 14.6 Å². The van der Waals surface area contributed by atoms with Gasteiger partial charge < -0.3 is 9.26 Å². The second-order valence-corrected chi connectivity index (χ2v) is 3.85. The zero-order valence-corrected chi connectivity index (χ0v) is 7.87. The molecule has 0 N–H and O–H groups in total. The van der Waals surface area contributed by atoms with E-state index >= 15 is 0 Å². The summed E-state index contributed by atoms with van der Waals surface area (Å²) < 4.78 is 28.6. The van der Waals surface area contributed by atoms with Gasteiger partial charge in [0.25, 0.3) is 0 Å². The Kier molecular flexibility index (Phi) is 3.00. The molecule has 1 fully saturated rings. The average Bonchev–Trinajstić information content (AvgIpc) is 2.29. The summed E-state index contributed by atoms with van der Waals surface area (Å²) in [5.74, 6) is 0. The highest BCUT2D eigenvalue weighted by atomic mass is 31.1. The Labute approximate surface area is 69.3 Å². The van der Waals surface area contributed by atoms with Crippen LogP contribution in [-0.4, -0.2) is 25.5 Å². The van der Waals surface area contributed by atoms with Crippen molar-refractivity contribution >= 4 is 8.03 Å². The third-order valence-corrected chi connectivity index (χ3v) is 2.37. The van der Waals surface area contributed by atoms with Crippen LogP contribution in [0.4, 0.5) is 0 Å². The summed E-state index contributed by atoms with van der Waals surface area (Å²) in [6.45, 7) is 3.04. The lowest BCUT2D eigenvalue weighted by molar-refractivity contribution is 0.0550. The molecule has 1 aliphatic heterocycles. The number of rotatable bonds is 3. The lowest BCUT2D eigenvalue weighted by Crippen LogP contribution is -2.20. The molecule has 0 aliphatic carbocycles. The van der Waals surface area contributed by atoms with Gasteiger partial charge >= 0.3 is 0 Å². The Bertz CT molecular complexity index is 176. The second kappa shape index (κ2) is 4.24. The highest BCUT2D eigenvalue weighted by Crippen LogP contribution is 2.28. The maximum atomic E-state index is 10.8. The van der Waals surface area contributed by atoms with Crippen molar-refractivity contribution < 1.29 is 15.2 Å². The van der Waals surface area contributed by atoms with E-state index in [4.69, 9.17) is 10.6 Å². The van der Waals surface area contributed by atoms with E-state index in [1.165, 1.54) is 0 Å². The molecular weight excluding hydrogens is 163 g/mol. The highest BCUT2D eigenvalue weighted by molar-refractivity contribution is 7.38. The van der Waals surface area contributed by atoms with Gasteiger partial charge in [0, 0.05) is 13.2 Å². The van der Waals surface area contributed by atoms with E-state index in [1.54, 1.807) is 6.66 Å². The molecule has 0 spiro atoms. The molecule has 1 saturated heterocycles. The molecule has 1 rings (SSSR count). The second-order valence-electron chi connectivity index (χ2n) is 2.63. The summed E-state index contributed by atoms with van der Waals surface area (Å²) >= 11 is 0. The molecule has 0 saturated carbocycles. The minimum atomic E-state index is -1.90. The Balaban J connectivity index is 2.46. The van der Waals surface area contributed by atoms with Crippen LogP contribution in [0, 0.1) is 0 Å². The van der Waals surface area contributed by atoms with Crippen molar-refractivity contribution in [3.63, 3.8) is 0 Å². The molecule has 66 valence electrons. The van der Waals surface area contributed by atoms with Gasteiger partial charge in [-0.05, 0) is 12.8 Å². The lowest BCUT2D eigenvalue weighted by atomic mass is 10.1. The van der Waals surface area contributed by atoms with Gasteiger partial charge in [0.05, 0.1) is 13.6 Å². The molecule has 0 radical (unpaired) electrons. The van der Waals surface area contributed by atoms with E-state index in [9.17, 15) is 4.57 Å². The molecule has 1 heterocycles. The first-order valence-corrected chi connectivity index (χ1v) is 5.70. The van der Waals surface area contributed by atoms with Gasteiger partial charge in [0.2, 0.25) is 0 Å². The van der Waals surface area contributed by atoms with E-state index in [1.807, 2.05) is 6.92 Å². The number of ether oxygens (including phenoxy) is 1. The lowest BCUT2D eigenvalue weighted by Gasteiger charge is -2.15. The maximum absolute atomic E-state index is 10.8. The molecule has 2 unspecified atom stereocenters. The largest absolute Gasteiger partial charge is 0.375 e. The molecule has 0 bridgehead atoms. The maximum Gasteiger partial charge on any atom is 0.188 e. The van der Waals surface area contributed by atoms with E-state index in [2.05, 4.69) is 0 Å². The topological polar surface area (TPSA) is 35.5 Å². The van der Waals surface area contributed by atoms with Crippen molar-refractivity contribution in [3.05, 3.63) is 0 Å². The van der Waals surface area contributed by atoms with Crippen molar-refractivity contribution in [1.29, 1.82) is 0 Å². The van der Waals surface area contributed by atoms with Crippen molar-refractivity contribution in [2.45, 2.75) is 32.0 Å². The van der Waals surface area contributed by atoms with E-state index in [0.717, 1.165) is 6.42 Å². The van der Waals surface area contributed by atoms with Crippen LogP contribution in [0.5, 0.6) is 0 Å². The van der Waals surface area contributed by atoms with Gasteiger partial charge in [0.1, 0.15) is 0 Å². The van der Waals surface area contributed by atoms with Crippen molar-refractivity contribution in [2.75, 3.05) is 13.2 Å². The molecule has 3 nitrogen and oxygen atoms in total. The Hall–Kier alpha value is 0.150. The standard InChI is InChI=1S/C7H15O3P/c1-3-6-7(4-5-9-6)10-11(2)8/h6-7,11H,3-5H2,1-2H3/t6-,7?/m1/s1/i5T/t5-,6+,7?/m0. The zero-order valence-electron chi connectivity index (χ0n) is 7.87. The van der Waals surface area contributed by atoms with Crippen LogP contribution in [0.2, 0.25) is 0 Å². The van der Waals surface area contributed by atoms with Crippen LogP contribution >= 0.6 is 8.03 Å². The quantitative estimate of drug-likeness (QED) is 0.620. The number of hydrogen-bond donors (Lipinski definition) is 0. The summed E-state index contributed by atoms with van der Waals surface area (Å²) in [6.07, 6.45) is 1.19. The van der Waals surface area contributed by atoms with Crippen molar-refractivity contribution in [3.8, 4) is 0 Å². The zero-order chi connectivity index (χ0) is 9.14. The monoisotopic (exact) mass is 180 g/mol. The molecule has 0 aromatic carbocycles. The highest BCUT2D eigenvalue weighted by Gasteiger charge is 2.27. The van der Waals surface area contributed by atoms with Crippen molar-refractivity contribution in [1.82, 2.24) is 0 Å². The average molecular weight is 180 g/mol. The van der Waals surface area contributed by atoms with Crippen LogP contribution in [0.1, 0.15) is 21.1 Å². The summed E-state index contributed by atoms with van der Waals surface area (Å²) in [6, 6.07) is 0. The fourth-order valence-electron chi connectivity index (χ4n) is 1.21. The molecular formula is C7H15O3P. The molecule has 1 aliphatic rings. The fraction of sp³-hybridized carbons (Fsp3) is 1.00. The molecule has 0 aromatic rings. The van der Waals surface area contributed by atoms with Gasteiger partial charge in [-0.3, -0.25) is 4.57 Å². The number of hydrogen-bond acceptors (Lipinski definition) is 3. The van der Waals surface area contributed by atoms with E-state index in [0.29, 0.717) is 6.42 Å². The predicted octanol–water partition coefficient (Wildman–Crippen LogP) is 1.67. The van der Waals surface area contributed by atoms with Gasteiger partial charge in [-0.1, -0.05) is 6.92 Å². The molecule has 4 heteroatoms. The molecule has 11 heavy (non-hydrogen) atoms. The first-order valence-electron chi connectivity index (χ1n) is 4.46. The summed E-state index contributed by atoms with van der Waals surface area (Å²) in [5.41, 5.74) is 0. The summed E-state index contributed by atoms with van der Waals surface area (Å²) in [7, 11) is -1.90. The predicted molar refractivity (Wildman–Crippen MR) is 44.4 cm³/mol. The fourth-order valence-corrected chi connectivity index (χ4v) is 1.88. The molecule has 0 amide bonds. The minimum absolute atomic E-state index is 0.0404. The third kappa shape index (κ3) is 2.58. The van der Waals surface area contributed by atoms with E-state index in [-0.39, 0.29) is 12.2 Å². The SMILES string of the molecule is [3H][C@H]1CC(O[PH](C)=O)[C@@H](CC)O1. The van der Waals surface area contributed by atoms with Gasteiger partial charge in [-0.2, -0.15) is 0 Å². The molecule has 0 aromatic heterocycles. The first kappa shape index (κ1) is 7.78. The third-order valence-electron chi connectivity index (χ3n) is 1.73. The van der Waals surface area contributed by atoms with Crippen LogP contribution in [-0.2, 0) is 13.8 Å². The van der Waals surface area contributed by atoms with Crippen LogP contribution in [0.25, 0.3) is 0 Å².